The highest BCUT2D eigenvalue weighted by atomic mass is 35.5. The van der Waals surface area contributed by atoms with Crippen molar-refractivity contribution in [2.24, 2.45) is 5.92 Å². The van der Waals surface area contributed by atoms with Crippen molar-refractivity contribution in [3.63, 3.8) is 0 Å². The molecule has 1 saturated carbocycles. The van der Waals surface area contributed by atoms with Gasteiger partial charge in [-0.3, -0.25) is 14.9 Å². The number of anilines is 1. The Bertz CT molecular complexity index is 1610. The number of carbonyl (C=O) groups excluding carboxylic acids is 1. The average Bonchev–Trinajstić information content (AvgIpc) is 3.56. The molecule has 3 heterocycles. The maximum absolute atomic E-state index is 13.6. The Labute approximate surface area is 252 Å². The second kappa shape index (κ2) is 13.0. The SMILES string of the molecule is COc1cc2cc(C(=O)Nc3nc(-c4cc(OC)c(Cl)cc4OC)c(CCC4CCCCC4)s3)n(CC(=O)O)c2cn1. The number of thiazole rings is 1. The molecule has 0 atom stereocenters. The summed E-state index contributed by atoms with van der Waals surface area (Å²) in [5.74, 6) is 0.499. The number of hydrogen-bond donors (Lipinski definition) is 2. The number of benzene rings is 1. The number of pyridine rings is 1. The molecule has 42 heavy (non-hydrogen) atoms. The number of fused-ring (bicyclic) bond motifs is 1. The molecule has 0 aliphatic heterocycles. The number of aryl methyl sites for hydroxylation is 1. The molecule has 0 bridgehead atoms. The Balaban J connectivity index is 1.51. The number of carboxylic acids is 1. The number of aromatic nitrogens is 3. The van der Waals surface area contributed by atoms with Gasteiger partial charge in [-0.1, -0.05) is 43.7 Å². The number of ether oxygens (including phenoxy) is 3. The minimum atomic E-state index is -1.08. The van der Waals surface area contributed by atoms with E-state index in [0.29, 0.717) is 55.6 Å². The molecule has 0 spiro atoms. The molecule has 222 valence electrons. The summed E-state index contributed by atoms with van der Waals surface area (Å²) in [6, 6.07) is 6.79. The summed E-state index contributed by atoms with van der Waals surface area (Å²) >= 11 is 7.78. The molecule has 1 amide bonds. The van der Waals surface area contributed by atoms with E-state index >= 15 is 0 Å². The van der Waals surface area contributed by atoms with Crippen LogP contribution in [-0.4, -0.2) is 52.8 Å². The van der Waals surface area contributed by atoms with Crippen LogP contribution in [-0.2, 0) is 17.8 Å². The lowest BCUT2D eigenvalue weighted by atomic mass is 9.86. The van der Waals surface area contributed by atoms with Gasteiger partial charge in [0.25, 0.3) is 5.91 Å². The quantitative estimate of drug-likeness (QED) is 0.192. The lowest BCUT2D eigenvalue weighted by Gasteiger charge is -2.21. The van der Waals surface area contributed by atoms with Gasteiger partial charge in [0.15, 0.2) is 5.13 Å². The van der Waals surface area contributed by atoms with E-state index in [-0.39, 0.29) is 5.69 Å². The highest BCUT2D eigenvalue weighted by Crippen LogP contribution is 2.43. The molecule has 0 saturated heterocycles. The van der Waals surface area contributed by atoms with Gasteiger partial charge in [-0.15, -0.1) is 11.3 Å². The first kappa shape index (κ1) is 29.7. The lowest BCUT2D eigenvalue weighted by molar-refractivity contribution is -0.137. The van der Waals surface area contributed by atoms with Gasteiger partial charge in [-0.2, -0.15) is 0 Å². The van der Waals surface area contributed by atoms with Crippen LogP contribution >= 0.6 is 22.9 Å². The number of hydrogen-bond acceptors (Lipinski definition) is 8. The van der Waals surface area contributed by atoms with Crippen LogP contribution < -0.4 is 19.5 Å². The first-order chi connectivity index (χ1) is 20.3. The van der Waals surface area contributed by atoms with E-state index in [1.165, 1.54) is 61.3 Å². The third-order valence-corrected chi connectivity index (χ3v) is 8.97. The van der Waals surface area contributed by atoms with Crippen molar-refractivity contribution < 1.29 is 28.9 Å². The van der Waals surface area contributed by atoms with E-state index < -0.39 is 18.4 Å². The van der Waals surface area contributed by atoms with E-state index in [1.54, 1.807) is 38.5 Å². The largest absolute Gasteiger partial charge is 0.496 e. The van der Waals surface area contributed by atoms with Gasteiger partial charge >= 0.3 is 5.97 Å². The van der Waals surface area contributed by atoms with Crippen molar-refractivity contribution >= 4 is 50.8 Å². The zero-order valence-corrected chi connectivity index (χ0v) is 25.3. The Morgan fingerprint density at radius 2 is 1.83 bits per heavy atom. The monoisotopic (exact) mass is 612 g/mol. The molecule has 5 rings (SSSR count). The van der Waals surface area contributed by atoms with Crippen molar-refractivity contribution in [1.29, 1.82) is 0 Å². The van der Waals surface area contributed by atoms with Crippen molar-refractivity contribution in [3.05, 3.63) is 46.1 Å². The molecular formula is C30H33ClN4O6S. The summed E-state index contributed by atoms with van der Waals surface area (Å²) in [4.78, 5) is 35.3. The van der Waals surface area contributed by atoms with Crippen LogP contribution in [0.1, 0.15) is 53.9 Å². The Hall–Kier alpha value is -3.83. The first-order valence-electron chi connectivity index (χ1n) is 13.8. The summed E-state index contributed by atoms with van der Waals surface area (Å²) in [5, 5.41) is 13.9. The number of halogens is 1. The number of aliphatic carboxylic acids is 1. The van der Waals surface area contributed by atoms with Crippen LogP contribution in [0.3, 0.4) is 0 Å². The molecule has 1 aliphatic rings. The van der Waals surface area contributed by atoms with Crippen LogP contribution in [0, 0.1) is 5.92 Å². The van der Waals surface area contributed by atoms with Crippen LogP contribution in [0.25, 0.3) is 22.2 Å². The van der Waals surface area contributed by atoms with E-state index in [2.05, 4.69) is 10.3 Å². The van der Waals surface area contributed by atoms with Crippen LogP contribution in [0.5, 0.6) is 17.4 Å². The smallest absolute Gasteiger partial charge is 0.323 e. The zero-order valence-electron chi connectivity index (χ0n) is 23.7. The van der Waals surface area contributed by atoms with Crippen LogP contribution in [0.2, 0.25) is 5.02 Å². The maximum Gasteiger partial charge on any atom is 0.323 e. The zero-order chi connectivity index (χ0) is 29.8. The summed E-state index contributed by atoms with van der Waals surface area (Å²) in [6.45, 7) is -0.405. The normalized spacial score (nSPS) is 13.7. The fraction of sp³-hybridized carbons (Fsp3) is 0.400. The van der Waals surface area contributed by atoms with E-state index in [4.69, 9.17) is 30.8 Å². The summed E-state index contributed by atoms with van der Waals surface area (Å²) in [6.07, 6.45) is 9.59. The topological polar surface area (TPSA) is 125 Å². The number of nitrogens with one attached hydrogen (secondary N) is 1. The van der Waals surface area contributed by atoms with Gasteiger partial charge in [0.2, 0.25) is 5.88 Å². The van der Waals surface area contributed by atoms with Gasteiger partial charge in [-0.25, -0.2) is 9.97 Å². The molecule has 0 radical (unpaired) electrons. The van der Waals surface area contributed by atoms with Crippen molar-refractivity contribution in [2.45, 2.75) is 51.5 Å². The predicted octanol–water partition coefficient (Wildman–Crippen LogP) is 6.69. The number of nitrogens with zero attached hydrogens (tertiary/aromatic N) is 3. The third-order valence-electron chi connectivity index (χ3n) is 7.65. The highest BCUT2D eigenvalue weighted by molar-refractivity contribution is 7.16. The predicted molar refractivity (Wildman–Crippen MR) is 162 cm³/mol. The Kier molecular flexibility index (Phi) is 9.18. The van der Waals surface area contributed by atoms with Crippen molar-refractivity contribution in [3.8, 4) is 28.6 Å². The molecule has 2 N–H and O–H groups in total. The van der Waals surface area contributed by atoms with Crippen LogP contribution in [0.4, 0.5) is 5.13 Å². The summed E-state index contributed by atoms with van der Waals surface area (Å²) < 4.78 is 17.8. The molecule has 0 unspecified atom stereocenters. The van der Waals surface area contributed by atoms with E-state index in [1.807, 2.05) is 0 Å². The van der Waals surface area contributed by atoms with Gasteiger partial charge in [0, 0.05) is 28.0 Å². The molecule has 1 aliphatic carbocycles. The van der Waals surface area contributed by atoms with Gasteiger partial charge < -0.3 is 23.9 Å². The molecule has 3 aromatic heterocycles. The standard InChI is InChI=1S/C30H33ClN4O6S/c1-39-23-14-20(31)24(40-2)13-19(23)28-25(10-9-17-7-5-4-6-8-17)42-30(33-28)34-29(38)21-11-18-12-26(41-3)32-15-22(18)35(21)16-27(36)37/h11-15,17H,4-10,16H2,1-3H3,(H,36,37)(H,33,34,38). The van der Waals surface area contributed by atoms with E-state index in [9.17, 15) is 14.7 Å². The van der Waals surface area contributed by atoms with Gasteiger partial charge in [0.05, 0.1) is 43.8 Å². The minimum Gasteiger partial charge on any atom is -0.496 e. The maximum atomic E-state index is 13.6. The van der Waals surface area contributed by atoms with Crippen LogP contribution in [0.15, 0.2) is 30.5 Å². The van der Waals surface area contributed by atoms with Gasteiger partial charge in [0.1, 0.15) is 23.7 Å². The number of amides is 1. The molecular weight excluding hydrogens is 580 g/mol. The van der Waals surface area contributed by atoms with E-state index in [0.717, 1.165) is 17.7 Å². The van der Waals surface area contributed by atoms with Crippen molar-refractivity contribution in [1.82, 2.24) is 14.5 Å². The Morgan fingerprint density at radius 3 is 2.52 bits per heavy atom. The van der Waals surface area contributed by atoms with Gasteiger partial charge in [-0.05, 0) is 30.9 Å². The average molecular weight is 613 g/mol. The molecule has 1 aromatic carbocycles. The fourth-order valence-corrected chi connectivity index (χ4v) is 6.76. The fourth-order valence-electron chi connectivity index (χ4n) is 5.55. The molecule has 12 heteroatoms. The third kappa shape index (κ3) is 6.32. The molecule has 1 fully saturated rings. The summed E-state index contributed by atoms with van der Waals surface area (Å²) in [5.41, 5.74) is 2.09. The lowest BCUT2D eigenvalue weighted by Crippen LogP contribution is -2.19. The van der Waals surface area contributed by atoms with Crippen molar-refractivity contribution in [2.75, 3.05) is 26.6 Å². The number of carboxylic acid groups (broad SMARTS) is 1. The first-order valence-corrected chi connectivity index (χ1v) is 15.0. The number of carbonyl (C=O) groups is 2. The highest BCUT2D eigenvalue weighted by Gasteiger charge is 2.24. The molecule has 10 nitrogen and oxygen atoms in total. The minimum absolute atomic E-state index is 0.175. The number of methoxy groups -OCH3 is 3. The molecule has 4 aromatic rings. The second-order valence-corrected chi connectivity index (χ2v) is 11.8. The second-order valence-electron chi connectivity index (χ2n) is 10.3. The number of rotatable bonds is 11. The Morgan fingerprint density at radius 1 is 1.07 bits per heavy atom. The summed E-state index contributed by atoms with van der Waals surface area (Å²) in [7, 11) is 4.62.